The molecule has 0 fully saturated rings. The highest BCUT2D eigenvalue weighted by molar-refractivity contribution is 6.32. The second kappa shape index (κ2) is 6.40. The number of hydrogen-bond donors (Lipinski definition) is 1. The Morgan fingerprint density at radius 2 is 2.19 bits per heavy atom. The van der Waals surface area contributed by atoms with Crippen LogP contribution in [0, 0.1) is 0 Å². The normalized spacial score (nSPS) is 10.8. The van der Waals surface area contributed by atoms with Crippen LogP contribution in [0.15, 0.2) is 24.3 Å². The van der Waals surface area contributed by atoms with E-state index in [4.69, 9.17) is 26.8 Å². The van der Waals surface area contributed by atoms with Crippen molar-refractivity contribution in [2.24, 2.45) is 5.73 Å². The van der Waals surface area contributed by atoms with E-state index in [0.717, 1.165) is 5.56 Å². The number of benzene rings is 1. The Bertz CT molecular complexity index is 378. The van der Waals surface area contributed by atoms with Crippen molar-refractivity contribution in [2.75, 3.05) is 13.7 Å². The van der Waals surface area contributed by atoms with Crippen LogP contribution in [0.1, 0.15) is 12.5 Å². The van der Waals surface area contributed by atoms with Gasteiger partial charge in [0.05, 0.1) is 12.1 Å². The first-order chi connectivity index (χ1) is 7.72. The molecule has 4 heteroatoms. The van der Waals surface area contributed by atoms with Crippen molar-refractivity contribution in [3.05, 3.63) is 34.9 Å². The van der Waals surface area contributed by atoms with Crippen molar-refractivity contribution in [1.82, 2.24) is 0 Å². The van der Waals surface area contributed by atoms with E-state index in [0.29, 0.717) is 29.7 Å². The van der Waals surface area contributed by atoms with E-state index in [9.17, 15) is 0 Å². The van der Waals surface area contributed by atoms with E-state index in [1.54, 1.807) is 13.2 Å². The maximum Gasteiger partial charge on any atom is 0.180 e. The molecule has 3 nitrogen and oxygen atoms in total. The largest absolute Gasteiger partial charge is 0.493 e. The van der Waals surface area contributed by atoms with Gasteiger partial charge < -0.3 is 15.2 Å². The Morgan fingerprint density at radius 1 is 1.44 bits per heavy atom. The number of nitrogens with two attached hydrogens (primary N) is 1. The summed E-state index contributed by atoms with van der Waals surface area (Å²) in [5.41, 5.74) is 6.46. The van der Waals surface area contributed by atoms with Gasteiger partial charge in [0, 0.05) is 6.54 Å². The molecule has 2 N–H and O–H groups in total. The van der Waals surface area contributed by atoms with Gasteiger partial charge in [0.25, 0.3) is 0 Å². The topological polar surface area (TPSA) is 44.5 Å². The molecule has 88 valence electrons. The molecular formula is C12H16ClNO2. The zero-order valence-corrected chi connectivity index (χ0v) is 10.3. The zero-order chi connectivity index (χ0) is 12.0. The quantitative estimate of drug-likeness (QED) is 0.807. The molecular weight excluding hydrogens is 226 g/mol. The molecule has 0 spiro atoms. The molecule has 16 heavy (non-hydrogen) atoms. The van der Waals surface area contributed by atoms with Crippen molar-refractivity contribution < 1.29 is 9.47 Å². The summed E-state index contributed by atoms with van der Waals surface area (Å²) in [6.45, 7) is 2.82. The summed E-state index contributed by atoms with van der Waals surface area (Å²) in [6.07, 6.45) is 3.81. The van der Waals surface area contributed by atoms with E-state index >= 15 is 0 Å². The molecule has 0 aromatic heterocycles. The summed E-state index contributed by atoms with van der Waals surface area (Å²) in [4.78, 5) is 0. The summed E-state index contributed by atoms with van der Waals surface area (Å²) >= 11 is 6.09. The van der Waals surface area contributed by atoms with Gasteiger partial charge in [0.15, 0.2) is 11.5 Å². The minimum atomic E-state index is 0.422. The zero-order valence-electron chi connectivity index (χ0n) is 9.50. The van der Waals surface area contributed by atoms with Crippen LogP contribution in [0.2, 0.25) is 5.02 Å². The smallest absolute Gasteiger partial charge is 0.180 e. The van der Waals surface area contributed by atoms with Crippen LogP contribution in [-0.4, -0.2) is 13.7 Å². The fraction of sp³-hybridized carbons (Fsp3) is 0.333. The summed E-state index contributed by atoms with van der Waals surface area (Å²) < 4.78 is 10.7. The van der Waals surface area contributed by atoms with E-state index in [1.807, 2.05) is 25.1 Å². The Morgan fingerprint density at radius 3 is 2.75 bits per heavy atom. The summed E-state index contributed by atoms with van der Waals surface area (Å²) in [6, 6.07) is 3.62. The maximum atomic E-state index is 6.09. The van der Waals surface area contributed by atoms with Gasteiger partial charge >= 0.3 is 0 Å². The number of ether oxygens (including phenoxy) is 2. The van der Waals surface area contributed by atoms with E-state index in [1.165, 1.54) is 0 Å². The van der Waals surface area contributed by atoms with E-state index < -0.39 is 0 Å². The molecule has 1 rings (SSSR count). The Kier molecular flexibility index (Phi) is 5.15. The van der Waals surface area contributed by atoms with Gasteiger partial charge in [-0.15, -0.1) is 0 Å². The fourth-order valence-electron chi connectivity index (χ4n) is 1.26. The molecule has 0 radical (unpaired) electrons. The molecule has 0 atom stereocenters. The summed E-state index contributed by atoms with van der Waals surface area (Å²) in [5, 5.41) is 0.518. The third-order valence-electron chi connectivity index (χ3n) is 2.08. The second-order valence-corrected chi connectivity index (χ2v) is 3.60. The second-order valence-electron chi connectivity index (χ2n) is 3.19. The number of allylic oxidation sites excluding steroid dienone is 1. The van der Waals surface area contributed by atoms with Crippen molar-refractivity contribution >= 4 is 11.6 Å². The first-order valence-corrected chi connectivity index (χ1v) is 5.41. The highest BCUT2D eigenvalue weighted by Crippen LogP contribution is 2.36. The third kappa shape index (κ3) is 3.15. The number of halogens is 1. The molecule has 0 saturated carbocycles. The molecule has 0 aliphatic heterocycles. The maximum absolute atomic E-state index is 6.09. The molecule has 0 saturated heterocycles. The van der Waals surface area contributed by atoms with Crippen LogP contribution >= 0.6 is 11.6 Å². The number of hydrogen-bond acceptors (Lipinski definition) is 3. The SMILES string of the molecule is C/C=C/COc1c(Cl)cc(CN)cc1OC. The summed E-state index contributed by atoms with van der Waals surface area (Å²) in [7, 11) is 1.58. The van der Waals surface area contributed by atoms with Crippen LogP contribution in [0.5, 0.6) is 11.5 Å². The van der Waals surface area contributed by atoms with Crippen molar-refractivity contribution in [1.29, 1.82) is 0 Å². The lowest BCUT2D eigenvalue weighted by molar-refractivity contribution is 0.326. The van der Waals surface area contributed by atoms with Gasteiger partial charge in [0.2, 0.25) is 0 Å². The third-order valence-corrected chi connectivity index (χ3v) is 2.37. The van der Waals surface area contributed by atoms with Gasteiger partial charge in [-0.2, -0.15) is 0 Å². The molecule has 0 amide bonds. The predicted molar refractivity (Wildman–Crippen MR) is 66.2 cm³/mol. The first kappa shape index (κ1) is 12.9. The Balaban J connectivity index is 2.96. The lowest BCUT2D eigenvalue weighted by atomic mass is 10.2. The van der Waals surface area contributed by atoms with Crippen molar-refractivity contribution in [3.63, 3.8) is 0 Å². The average Bonchev–Trinajstić information content (AvgIpc) is 2.30. The lowest BCUT2D eigenvalue weighted by Crippen LogP contribution is -2.01. The van der Waals surface area contributed by atoms with Gasteiger partial charge in [-0.25, -0.2) is 0 Å². The predicted octanol–water partition coefficient (Wildman–Crippen LogP) is 2.76. The van der Waals surface area contributed by atoms with E-state index in [2.05, 4.69) is 0 Å². The molecule has 0 aliphatic rings. The Hall–Kier alpha value is -1.19. The van der Waals surface area contributed by atoms with Crippen LogP contribution in [0.3, 0.4) is 0 Å². The van der Waals surface area contributed by atoms with Gasteiger partial charge in [0.1, 0.15) is 6.61 Å². The van der Waals surface area contributed by atoms with Gasteiger partial charge in [-0.3, -0.25) is 0 Å². The Labute approximate surface area is 101 Å². The number of rotatable bonds is 5. The standard InChI is InChI=1S/C12H16ClNO2/c1-3-4-5-16-12-10(13)6-9(8-14)7-11(12)15-2/h3-4,6-7H,5,8,14H2,1-2H3/b4-3+. The average molecular weight is 242 g/mol. The van der Waals surface area contributed by atoms with Crippen molar-refractivity contribution in [3.8, 4) is 11.5 Å². The first-order valence-electron chi connectivity index (χ1n) is 5.03. The molecule has 0 heterocycles. The molecule has 0 bridgehead atoms. The lowest BCUT2D eigenvalue weighted by Gasteiger charge is -2.12. The minimum Gasteiger partial charge on any atom is -0.493 e. The van der Waals surface area contributed by atoms with Crippen LogP contribution in [-0.2, 0) is 6.54 Å². The highest BCUT2D eigenvalue weighted by Gasteiger charge is 2.10. The molecule has 0 unspecified atom stereocenters. The van der Waals surface area contributed by atoms with Gasteiger partial charge in [-0.1, -0.05) is 23.8 Å². The monoisotopic (exact) mass is 241 g/mol. The fourth-order valence-corrected chi connectivity index (χ4v) is 1.55. The van der Waals surface area contributed by atoms with Crippen LogP contribution in [0.4, 0.5) is 0 Å². The molecule has 1 aromatic carbocycles. The van der Waals surface area contributed by atoms with Crippen LogP contribution in [0.25, 0.3) is 0 Å². The van der Waals surface area contributed by atoms with Crippen LogP contribution < -0.4 is 15.2 Å². The molecule has 1 aromatic rings. The highest BCUT2D eigenvalue weighted by atomic mass is 35.5. The number of methoxy groups -OCH3 is 1. The van der Waals surface area contributed by atoms with Crippen molar-refractivity contribution in [2.45, 2.75) is 13.5 Å². The van der Waals surface area contributed by atoms with E-state index in [-0.39, 0.29) is 0 Å². The minimum absolute atomic E-state index is 0.422. The van der Waals surface area contributed by atoms with Gasteiger partial charge in [-0.05, 0) is 24.6 Å². The summed E-state index contributed by atoms with van der Waals surface area (Å²) in [5.74, 6) is 1.16. The molecule has 0 aliphatic carbocycles.